The molecule has 3 rings (SSSR count). The molecule has 0 aromatic heterocycles. The van der Waals surface area contributed by atoms with E-state index in [-0.39, 0.29) is 5.91 Å². The number of amides is 1. The van der Waals surface area contributed by atoms with Gasteiger partial charge < -0.3 is 10.1 Å². The summed E-state index contributed by atoms with van der Waals surface area (Å²) in [7, 11) is 0. The van der Waals surface area contributed by atoms with Crippen LogP contribution in [0.15, 0.2) is 78.9 Å². The van der Waals surface area contributed by atoms with Gasteiger partial charge in [0.15, 0.2) is 0 Å². The molecule has 0 bridgehead atoms. The fourth-order valence-electron chi connectivity index (χ4n) is 2.45. The topological polar surface area (TPSA) is 62.1 Å². The normalized spacial score (nSPS) is 9.96. The van der Waals surface area contributed by atoms with E-state index >= 15 is 0 Å². The maximum absolute atomic E-state index is 12.3. The van der Waals surface area contributed by atoms with Crippen molar-refractivity contribution >= 4 is 5.91 Å². The highest BCUT2D eigenvalue weighted by Crippen LogP contribution is 2.16. The molecule has 4 nitrogen and oxygen atoms in total. The maximum atomic E-state index is 12.3. The van der Waals surface area contributed by atoms with Crippen molar-refractivity contribution in [3.8, 4) is 11.8 Å². The minimum absolute atomic E-state index is 0.141. The van der Waals surface area contributed by atoms with Crippen molar-refractivity contribution in [3.63, 3.8) is 0 Å². The molecular weight excluding hydrogens is 324 g/mol. The molecule has 26 heavy (non-hydrogen) atoms. The molecule has 0 aliphatic heterocycles. The lowest BCUT2D eigenvalue weighted by Crippen LogP contribution is -2.22. The standard InChI is InChI=1S/C22H18N2O2/c23-14-17-9-11-19(12-10-17)16-26-21-8-4-7-20(13-21)22(25)24-15-18-5-2-1-3-6-18/h1-13H,15-16H2,(H,24,25). The Morgan fingerprint density at radius 3 is 2.42 bits per heavy atom. The monoisotopic (exact) mass is 342 g/mol. The molecule has 0 radical (unpaired) electrons. The average Bonchev–Trinajstić information content (AvgIpc) is 2.72. The van der Waals surface area contributed by atoms with Crippen LogP contribution in [0.3, 0.4) is 0 Å². The molecule has 0 aliphatic rings. The Labute approximate surface area is 152 Å². The average molecular weight is 342 g/mol. The van der Waals surface area contributed by atoms with E-state index in [9.17, 15) is 4.79 Å². The number of rotatable bonds is 6. The highest BCUT2D eigenvalue weighted by molar-refractivity contribution is 5.94. The van der Waals surface area contributed by atoms with Gasteiger partial charge in [-0.05, 0) is 41.5 Å². The van der Waals surface area contributed by atoms with Gasteiger partial charge in [0.25, 0.3) is 5.91 Å². The third-order valence-corrected chi connectivity index (χ3v) is 3.88. The van der Waals surface area contributed by atoms with E-state index in [4.69, 9.17) is 10.00 Å². The molecule has 1 amide bonds. The smallest absolute Gasteiger partial charge is 0.251 e. The largest absolute Gasteiger partial charge is 0.489 e. The number of benzene rings is 3. The highest BCUT2D eigenvalue weighted by Gasteiger charge is 2.07. The van der Waals surface area contributed by atoms with E-state index in [0.717, 1.165) is 11.1 Å². The van der Waals surface area contributed by atoms with E-state index in [1.54, 1.807) is 30.3 Å². The molecule has 0 spiro atoms. The molecule has 3 aromatic rings. The van der Waals surface area contributed by atoms with Crippen LogP contribution >= 0.6 is 0 Å². The first-order valence-corrected chi connectivity index (χ1v) is 8.28. The lowest BCUT2D eigenvalue weighted by Gasteiger charge is -2.09. The summed E-state index contributed by atoms with van der Waals surface area (Å²) in [6.45, 7) is 0.858. The van der Waals surface area contributed by atoms with Crippen LogP contribution in [0, 0.1) is 11.3 Å². The summed E-state index contributed by atoms with van der Waals surface area (Å²) in [6.07, 6.45) is 0. The molecule has 0 atom stereocenters. The van der Waals surface area contributed by atoms with Crippen LogP contribution in [-0.2, 0) is 13.2 Å². The third kappa shape index (κ3) is 4.71. The number of nitrogens with zero attached hydrogens (tertiary/aromatic N) is 1. The molecule has 0 unspecified atom stereocenters. The van der Waals surface area contributed by atoms with Crippen molar-refractivity contribution in [2.24, 2.45) is 0 Å². The first-order chi connectivity index (χ1) is 12.7. The fraction of sp³-hybridized carbons (Fsp3) is 0.0909. The molecule has 0 saturated heterocycles. The van der Waals surface area contributed by atoms with Gasteiger partial charge in [-0.25, -0.2) is 0 Å². The second-order valence-electron chi connectivity index (χ2n) is 5.79. The number of ether oxygens (including phenoxy) is 1. The predicted molar refractivity (Wildman–Crippen MR) is 99.5 cm³/mol. The molecule has 0 aliphatic carbocycles. The maximum Gasteiger partial charge on any atom is 0.251 e. The molecule has 0 heterocycles. The molecule has 0 fully saturated rings. The van der Waals surface area contributed by atoms with Crippen LogP contribution in [0.2, 0.25) is 0 Å². The molecule has 1 N–H and O–H groups in total. The first-order valence-electron chi connectivity index (χ1n) is 8.28. The van der Waals surface area contributed by atoms with Gasteiger partial charge in [-0.3, -0.25) is 4.79 Å². The number of hydrogen-bond donors (Lipinski definition) is 1. The Hall–Kier alpha value is -3.58. The third-order valence-electron chi connectivity index (χ3n) is 3.88. The van der Waals surface area contributed by atoms with Gasteiger partial charge >= 0.3 is 0 Å². The fourth-order valence-corrected chi connectivity index (χ4v) is 2.45. The second kappa shape index (κ2) is 8.50. The van der Waals surface area contributed by atoms with Gasteiger partial charge in [-0.1, -0.05) is 48.5 Å². The Kier molecular flexibility index (Phi) is 5.64. The number of hydrogen-bond acceptors (Lipinski definition) is 3. The van der Waals surface area contributed by atoms with Gasteiger partial charge in [0.05, 0.1) is 11.6 Å². The number of carbonyl (C=O) groups excluding carboxylic acids is 1. The van der Waals surface area contributed by atoms with Gasteiger partial charge in [-0.15, -0.1) is 0 Å². The number of nitriles is 1. The molecule has 4 heteroatoms. The van der Waals surface area contributed by atoms with Crippen LogP contribution in [0.1, 0.15) is 27.0 Å². The minimum atomic E-state index is -0.141. The zero-order chi connectivity index (χ0) is 18.2. The second-order valence-corrected chi connectivity index (χ2v) is 5.79. The van der Waals surface area contributed by atoms with Crippen molar-refractivity contribution in [1.29, 1.82) is 5.26 Å². The van der Waals surface area contributed by atoms with E-state index in [1.807, 2.05) is 48.5 Å². The van der Waals surface area contributed by atoms with Gasteiger partial charge in [0.2, 0.25) is 0 Å². The summed E-state index contributed by atoms with van der Waals surface area (Å²) in [5.41, 5.74) is 3.18. The number of nitrogens with one attached hydrogen (secondary N) is 1. The Morgan fingerprint density at radius 2 is 1.69 bits per heavy atom. The van der Waals surface area contributed by atoms with Gasteiger partial charge in [0, 0.05) is 12.1 Å². The quantitative estimate of drug-likeness (QED) is 0.734. The molecular formula is C22H18N2O2. The van der Waals surface area contributed by atoms with Crippen LogP contribution < -0.4 is 10.1 Å². The summed E-state index contributed by atoms with van der Waals surface area (Å²) in [5.74, 6) is 0.486. The Balaban J connectivity index is 1.58. The SMILES string of the molecule is N#Cc1ccc(COc2cccc(C(=O)NCc3ccccc3)c2)cc1. The van der Waals surface area contributed by atoms with E-state index < -0.39 is 0 Å². The van der Waals surface area contributed by atoms with E-state index in [2.05, 4.69) is 11.4 Å². The summed E-state index contributed by atoms with van der Waals surface area (Å²) in [4.78, 5) is 12.3. The van der Waals surface area contributed by atoms with Crippen molar-refractivity contribution in [3.05, 3.63) is 101 Å². The minimum Gasteiger partial charge on any atom is -0.489 e. The van der Waals surface area contributed by atoms with Crippen LogP contribution in [-0.4, -0.2) is 5.91 Å². The van der Waals surface area contributed by atoms with Crippen molar-refractivity contribution in [2.75, 3.05) is 0 Å². The lowest BCUT2D eigenvalue weighted by molar-refractivity contribution is 0.0950. The molecule has 128 valence electrons. The van der Waals surface area contributed by atoms with Crippen molar-refractivity contribution < 1.29 is 9.53 Å². The van der Waals surface area contributed by atoms with Crippen LogP contribution in [0.5, 0.6) is 5.75 Å². The highest BCUT2D eigenvalue weighted by atomic mass is 16.5. The van der Waals surface area contributed by atoms with Gasteiger partial charge in [0.1, 0.15) is 12.4 Å². The van der Waals surface area contributed by atoms with Gasteiger partial charge in [-0.2, -0.15) is 5.26 Å². The summed E-state index contributed by atoms with van der Waals surface area (Å²) in [5, 5.41) is 11.7. The van der Waals surface area contributed by atoms with Crippen molar-refractivity contribution in [1.82, 2.24) is 5.32 Å². The summed E-state index contributed by atoms with van der Waals surface area (Å²) in [6, 6.07) is 26.2. The molecule has 0 saturated carbocycles. The number of carbonyl (C=O) groups is 1. The zero-order valence-electron chi connectivity index (χ0n) is 14.2. The Bertz CT molecular complexity index is 913. The van der Waals surface area contributed by atoms with E-state index in [0.29, 0.717) is 30.0 Å². The van der Waals surface area contributed by atoms with Crippen LogP contribution in [0.4, 0.5) is 0 Å². The zero-order valence-corrected chi connectivity index (χ0v) is 14.2. The summed E-state index contributed by atoms with van der Waals surface area (Å²) >= 11 is 0. The first kappa shape index (κ1) is 17.2. The lowest BCUT2D eigenvalue weighted by atomic mass is 10.1. The summed E-state index contributed by atoms with van der Waals surface area (Å²) < 4.78 is 5.76. The van der Waals surface area contributed by atoms with Crippen LogP contribution in [0.25, 0.3) is 0 Å². The van der Waals surface area contributed by atoms with E-state index in [1.165, 1.54) is 0 Å². The predicted octanol–water partition coefficient (Wildman–Crippen LogP) is 4.07. The van der Waals surface area contributed by atoms with Crippen molar-refractivity contribution in [2.45, 2.75) is 13.2 Å². The molecule has 3 aromatic carbocycles. The Morgan fingerprint density at radius 1 is 0.923 bits per heavy atom.